The molecule has 2 saturated heterocycles. The van der Waals surface area contributed by atoms with Crippen LogP contribution in [0.3, 0.4) is 0 Å². The van der Waals surface area contributed by atoms with Crippen LogP contribution in [0.4, 0.5) is 0 Å². The highest BCUT2D eigenvalue weighted by Crippen LogP contribution is 2.24. The van der Waals surface area contributed by atoms with Gasteiger partial charge in [0, 0.05) is 0 Å². The second-order valence-corrected chi connectivity index (χ2v) is 4.34. The first kappa shape index (κ1) is 13.7. The molecule has 2 heterocycles. The molecule has 104 valence electrons. The minimum absolute atomic E-state index is 0.0367. The van der Waals surface area contributed by atoms with Crippen LogP contribution in [0.1, 0.15) is 6.42 Å². The van der Waals surface area contributed by atoms with Crippen molar-refractivity contribution in [3.63, 3.8) is 0 Å². The molecule has 8 nitrogen and oxygen atoms in total. The summed E-state index contributed by atoms with van der Waals surface area (Å²) >= 11 is 0. The molecule has 0 aliphatic carbocycles. The molecule has 0 aromatic heterocycles. The van der Waals surface area contributed by atoms with Gasteiger partial charge in [-0.3, -0.25) is 4.79 Å². The number of hydrogen-bond acceptors (Lipinski definition) is 8. The van der Waals surface area contributed by atoms with Crippen molar-refractivity contribution in [2.24, 2.45) is 0 Å². The van der Waals surface area contributed by atoms with Gasteiger partial charge < -0.3 is 34.6 Å². The number of rotatable bonds is 3. The molecule has 0 aromatic carbocycles. The number of hydrogen-bond donors (Lipinski definition) is 4. The second-order valence-electron chi connectivity index (χ2n) is 4.34. The fraction of sp³-hybridized carbons (Fsp3) is 0.900. The molecular weight excluding hydrogens is 248 g/mol. The normalized spacial score (nSPS) is 45.0. The SMILES string of the molecule is O=C1C[C@@H](OC2OC(CO)C(O)C(O)C2O)CO1. The van der Waals surface area contributed by atoms with E-state index in [2.05, 4.69) is 4.74 Å². The molecule has 0 amide bonds. The minimum atomic E-state index is -1.49. The summed E-state index contributed by atoms with van der Waals surface area (Å²) in [6.07, 6.45) is -7.15. The van der Waals surface area contributed by atoms with Crippen molar-refractivity contribution in [2.45, 2.75) is 43.2 Å². The standard InChI is InChI=1S/C10H16O8/c11-2-5-7(13)8(14)9(15)10(18-5)17-4-1-6(12)16-3-4/h4-5,7-11,13-15H,1-3H2/t4-,5?,7?,8?,9?,10?/m1/s1. The van der Waals surface area contributed by atoms with Gasteiger partial charge in [0.15, 0.2) is 6.29 Å². The molecule has 0 radical (unpaired) electrons. The Labute approximate surface area is 103 Å². The van der Waals surface area contributed by atoms with Crippen LogP contribution < -0.4 is 0 Å². The van der Waals surface area contributed by atoms with Gasteiger partial charge in [-0.1, -0.05) is 0 Å². The van der Waals surface area contributed by atoms with E-state index in [0.29, 0.717) is 0 Å². The Morgan fingerprint density at radius 3 is 2.50 bits per heavy atom. The van der Waals surface area contributed by atoms with Crippen molar-refractivity contribution in [1.29, 1.82) is 0 Å². The van der Waals surface area contributed by atoms with E-state index in [9.17, 15) is 20.1 Å². The molecule has 2 aliphatic heterocycles. The van der Waals surface area contributed by atoms with E-state index in [1.807, 2.05) is 0 Å². The lowest BCUT2D eigenvalue weighted by Gasteiger charge is -2.40. The van der Waals surface area contributed by atoms with Crippen molar-refractivity contribution in [1.82, 2.24) is 0 Å². The second kappa shape index (κ2) is 5.47. The van der Waals surface area contributed by atoms with Crippen molar-refractivity contribution in [3.05, 3.63) is 0 Å². The quantitative estimate of drug-likeness (QED) is 0.400. The number of carbonyl (C=O) groups is 1. The zero-order valence-electron chi connectivity index (χ0n) is 9.51. The third-order valence-electron chi connectivity index (χ3n) is 3.00. The van der Waals surface area contributed by atoms with Gasteiger partial charge >= 0.3 is 5.97 Å². The van der Waals surface area contributed by atoms with Gasteiger partial charge in [0.05, 0.1) is 13.0 Å². The van der Waals surface area contributed by atoms with E-state index in [1.165, 1.54) is 0 Å². The molecule has 6 atom stereocenters. The number of cyclic esters (lactones) is 1. The van der Waals surface area contributed by atoms with Gasteiger partial charge in [-0.05, 0) is 0 Å². The van der Waals surface area contributed by atoms with Crippen LogP contribution in [0, 0.1) is 0 Å². The summed E-state index contributed by atoms with van der Waals surface area (Å²) in [5.41, 5.74) is 0. The zero-order valence-corrected chi connectivity index (χ0v) is 9.51. The number of aliphatic hydroxyl groups is 4. The minimum Gasteiger partial charge on any atom is -0.463 e. The Morgan fingerprint density at radius 1 is 1.22 bits per heavy atom. The Balaban J connectivity index is 1.96. The van der Waals surface area contributed by atoms with Crippen LogP contribution in [0.15, 0.2) is 0 Å². The highest BCUT2D eigenvalue weighted by atomic mass is 16.7. The molecule has 2 rings (SSSR count). The Morgan fingerprint density at radius 2 is 1.94 bits per heavy atom. The lowest BCUT2D eigenvalue weighted by atomic mass is 9.99. The number of esters is 1. The third-order valence-corrected chi connectivity index (χ3v) is 3.00. The predicted octanol–water partition coefficient (Wildman–Crippen LogP) is -2.88. The smallest absolute Gasteiger partial charge is 0.308 e. The molecular formula is C10H16O8. The summed E-state index contributed by atoms with van der Waals surface area (Å²) in [6.45, 7) is -0.473. The molecule has 0 aromatic rings. The fourth-order valence-electron chi connectivity index (χ4n) is 1.95. The fourth-order valence-corrected chi connectivity index (χ4v) is 1.95. The Hall–Kier alpha value is -0.770. The van der Waals surface area contributed by atoms with E-state index in [-0.39, 0.29) is 13.0 Å². The molecule has 4 N–H and O–H groups in total. The van der Waals surface area contributed by atoms with Crippen LogP contribution in [-0.4, -0.2) is 76.4 Å². The van der Waals surface area contributed by atoms with Gasteiger partial charge in [0.25, 0.3) is 0 Å². The summed E-state index contributed by atoms with van der Waals surface area (Å²) in [5, 5.41) is 37.7. The number of aliphatic hydroxyl groups excluding tert-OH is 4. The summed E-state index contributed by atoms with van der Waals surface area (Å²) in [5.74, 6) is -0.412. The van der Waals surface area contributed by atoms with Gasteiger partial charge in [-0.15, -0.1) is 0 Å². The molecule has 0 spiro atoms. The van der Waals surface area contributed by atoms with E-state index in [1.54, 1.807) is 0 Å². The first-order valence-electron chi connectivity index (χ1n) is 5.64. The molecule has 0 bridgehead atoms. The summed E-state index contributed by atoms with van der Waals surface area (Å²) in [6, 6.07) is 0. The molecule has 18 heavy (non-hydrogen) atoms. The largest absolute Gasteiger partial charge is 0.463 e. The van der Waals surface area contributed by atoms with E-state index >= 15 is 0 Å². The maximum Gasteiger partial charge on any atom is 0.308 e. The van der Waals surface area contributed by atoms with Gasteiger partial charge in [-0.2, -0.15) is 0 Å². The maximum atomic E-state index is 10.9. The van der Waals surface area contributed by atoms with Crippen molar-refractivity contribution in [2.75, 3.05) is 13.2 Å². The number of ether oxygens (including phenoxy) is 3. The maximum absolute atomic E-state index is 10.9. The lowest BCUT2D eigenvalue weighted by Crippen LogP contribution is -2.59. The monoisotopic (exact) mass is 264 g/mol. The van der Waals surface area contributed by atoms with Crippen LogP contribution >= 0.6 is 0 Å². The van der Waals surface area contributed by atoms with Gasteiger partial charge in [0.2, 0.25) is 0 Å². The van der Waals surface area contributed by atoms with Gasteiger partial charge in [0.1, 0.15) is 37.1 Å². The Kier molecular flexibility index (Phi) is 4.15. The van der Waals surface area contributed by atoms with Crippen molar-refractivity contribution < 1.29 is 39.4 Å². The summed E-state index contributed by atoms with van der Waals surface area (Å²) in [7, 11) is 0. The van der Waals surface area contributed by atoms with E-state index in [0.717, 1.165) is 0 Å². The summed E-state index contributed by atoms with van der Waals surface area (Å²) < 4.78 is 15.1. The van der Waals surface area contributed by atoms with Crippen LogP contribution in [0.5, 0.6) is 0 Å². The lowest BCUT2D eigenvalue weighted by molar-refractivity contribution is -0.310. The predicted molar refractivity (Wildman–Crippen MR) is 54.2 cm³/mol. The molecule has 2 aliphatic rings. The molecule has 0 saturated carbocycles. The zero-order chi connectivity index (χ0) is 13.3. The first-order chi connectivity index (χ1) is 8.52. The molecule has 8 heteroatoms. The van der Waals surface area contributed by atoms with Gasteiger partial charge in [-0.25, -0.2) is 0 Å². The van der Waals surface area contributed by atoms with E-state index in [4.69, 9.17) is 14.6 Å². The third kappa shape index (κ3) is 2.63. The average molecular weight is 264 g/mol. The first-order valence-corrected chi connectivity index (χ1v) is 5.64. The highest BCUT2D eigenvalue weighted by Gasteiger charge is 2.45. The van der Waals surface area contributed by atoms with Crippen molar-refractivity contribution in [3.8, 4) is 0 Å². The number of carbonyl (C=O) groups excluding carboxylic acids is 1. The topological polar surface area (TPSA) is 126 Å². The average Bonchev–Trinajstić information content (AvgIpc) is 2.75. The van der Waals surface area contributed by atoms with Crippen LogP contribution in [0.25, 0.3) is 0 Å². The van der Waals surface area contributed by atoms with Crippen LogP contribution in [0.2, 0.25) is 0 Å². The summed E-state index contributed by atoms with van der Waals surface area (Å²) in [4.78, 5) is 10.9. The molecule has 5 unspecified atom stereocenters. The van der Waals surface area contributed by atoms with Crippen LogP contribution in [-0.2, 0) is 19.0 Å². The van der Waals surface area contributed by atoms with E-state index < -0.39 is 49.4 Å². The highest BCUT2D eigenvalue weighted by molar-refractivity contribution is 5.71. The molecule has 2 fully saturated rings. The Bertz CT molecular complexity index is 306. The van der Waals surface area contributed by atoms with Crippen molar-refractivity contribution >= 4 is 5.97 Å².